The standard InChI is InChI=1S/C13H16ClN3OS/c1-7-8(2)19-12-10(7)11(16-13(14)17-12)15-6-9-4-3-5-18-9/h9H,3-6H2,1-2H3,(H,15,16,17). The molecular weight excluding hydrogens is 282 g/mol. The molecular formula is C13H16ClN3OS. The number of fused-ring (bicyclic) bond motifs is 1. The summed E-state index contributed by atoms with van der Waals surface area (Å²) in [5, 5.41) is 4.75. The summed E-state index contributed by atoms with van der Waals surface area (Å²) in [6, 6.07) is 0. The highest BCUT2D eigenvalue weighted by molar-refractivity contribution is 7.18. The quantitative estimate of drug-likeness (QED) is 0.880. The van der Waals surface area contributed by atoms with Crippen molar-refractivity contribution < 1.29 is 4.74 Å². The number of anilines is 1. The highest BCUT2D eigenvalue weighted by atomic mass is 35.5. The van der Waals surface area contributed by atoms with Gasteiger partial charge in [0, 0.05) is 18.0 Å². The van der Waals surface area contributed by atoms with Crippen LogP contribution in [-0.4, -0.2) is 29.2 Å². The number of halogens is 1. The predicted octanol–water partition coefficient (Wildman–Crippen LogP) is 3.55. The van der Waals surface area contributed by atoms with Gasteiger partial charge in [0.05, 0.1) is 11.5 Å². The Morgan fingerprint density at radius 1 is 1.42 bits per heavy atom. The first-order valence-corrected chi connectivity index (χ1v) is 7.63. The molecule has 3 rings (SSSR count). The van der Waals surface area contributed by atoms with Gasteiger partial charge in [0.25, 0.3) is 0 Å². The van der Waals surface area contributed by atoms with Crippen LogP contribution in [-0.2, 0) is 4.74 Å². The second-order valence-corrected chi connectivity index (χ2v) is 6.36. The Labute approximate surface area is 121 Å². The zero-order chi connectivity index (χ0) is 13.4. The molecule has 0 aliphatic carbocycles. The van der Waals surface area contributed by atoms with E-state index < -0.39 is 0 Å². The van der Waals surface area contributed by atoms with Gasteiger partial charge in [0.15, 0.2) is 0 Å². The summed E-state index contributed by atoms with van der Waals surface area (Å²) in [6.45, 7) is 5.84. The Balaban J connectivity index is 1.92. The lowest BCUT2D eigenvalue weighted by Gasteiger charge is -2.12. The first-order chi connectivity index (χ1) is 9.15. The molecule has 1 unspecified atom stereocenters. The number of nitrogens with zero attached hydrogens (tertiary/aromatic N) is 2. The molecule has 1 fully saturated rings. The van der Waals surface area contributed by atoms with Crippen LogP contribution in [0.25, 0.3) is 10.2 Å². The third-order valence-electron chi connectivity index (χ3n) is 3.52. The van der Waals surface area contributed by atoms with Gasteiger partial charge in [0.2, 0.25) is 5.28 Å². The Morgan fingerprint density at radius 2 is 2.26 bits per heavy atom. The lowest BCUT2D eigenvalue weighted by molar-refractivity contribution is 0.120. The summed E-state index contributed by atoms with van der Waals surface area (Å²) in [7, 11) is 0. The predicted molar refractivity (Wildman–Crippen MR) is 79.4 cm³/mol. The van der Waals surface area contributed by atoms with Gasteiger partial charge in [-0.1, -0.05) is 0 Å². The van der Waals surface area contributed by atoms with Crippen molar-refractivity contribution in [2.75, 3.05) is 18.5 Å². The van der Waals surface area contributed by atoms with Crippen LogP contribution in [0, 0.1) is 13.8 Å². The number of rotatable bonds is 3. The number of ether oxygens (including phenoxy) is 1. The lowest BCUT2D eigenvalue weighted by atomic mass is 10.2. The van der Waals surface area contributed by atoms with Gasteiger partial charge in [-0.25, -0.2) is 9.97 Å². The molecule has 0 saturated carbocycles. The minimum absolute atomic E-state index is 0.281. The minimum Gasteiger partial charge on any atom is -0.376 e. The average molecular weight is 298 g/mol. The van der Waals surface area contributed by atoms with Crippen LogP contribution in [0.5, 0.6) is 0 Å². The van der Waals surface area contributed by atoms with E-state index in [-0.39, 0.29) is 6.10 Å². The first-order valence-electron chi connectivity index (χ1n) is 6.44. The third kappa shape index (κ3) is 2.55. The summed E-state index contributed by atoms with van der Waals surface area (Å²) in [4.78, 5) is 10.8. The lowest BCUT2D eigenvalue weighted by Crippen LogP contribution is -2.19. The highest BCUT2D eigenvalue weighted by Crippen LogP contribution is 2.34. The molecule has 3 heterocycles. The molecule has 0 spiro atoms. The first kappa shape index (κ1) is 13.1. The molecule has 1 aliphatic rings. The fraction of sp³-hybridized carbons (Fsp3) is 0.538. The molecule has 2 aromatic rings. The van der Waals surface area contributed by atoms with E-state index in [1.54, 1.807) is 11.3 Å². The summed E-state index contributed by atoms with van der Waals surface area (Å²) in [5.41, 5.74) is 1.23. The molecule has 102 valence electrons. The van der Waals surface area contributed by atoms with Gasteiger partial charge in [-0.05, 0) is 43.9 Å². The molecule has 1 saturated heterocycles. The van der Waals surface area contributed by atoms with Crippen LogP contribution >= 0.6 is 22.9 Å². The molecule has 0 bridgehead atoms. The molecule has 19 heavy (non-hydrogen) atoms. The zero-order valence-corrected chi connectivity index (χ0v) is 12.6. The molecule has 1 atom stereocenters. The van der Waals surface area contributed by atoms with Crippen LogP contribution in [0.15, 0.2) is 0 Å². The maximum absolute atomic E-state index is 5.99. The van der Waals surface area contributed by atoms with Gasteiger partial charge in [-0.3, -0.25) is 0 Å². The summed E-state index contributed by atoms with van der Waals surface area (Å²) < 4.78 is 5.62. The molecule has 0 amide bonds. The van der Waals surface area contributed by atoms with Crippen molar-refractivity contribution in [1.82, 2.24) is 9.97 Å². The molecule has 6 heteroatoms. The number of hydrogen-bond acceptors (Lipinski definition) is 5. The number of nitrogens with one attached hydrogen (secondary N) is 1. The van der Waals surface area contributed by atoms with Crippen molar-refractivity contribution in [3.8, 4) is 0 Å². The van der Waals surface area contributed by atoms with E-state index >= 15 is 0 Å². The van der Waals surface area contributed by atoms with E-state index in [9.17, 15) is 0 Å². The minimum atomic E-state index is 0.281. The Bertz CT molecular complexity index is 607. The topological polar surface area (TPSA) is 47.0 Å². The van der Waals surface area contributed by atoms with Crippen molar-refractivity contribution in [2.24, 2.45) is 0 Å². The Hall–Kier alpha value is -0.910. The van der Waals surface area contributed by atoms with Gasteiger partial charge in [-0.2, -0.15) is 0 Å². The van der Waals surface area contributed by atoms with Crippen LogP contribution in [0.2, 0.25) is 5.28 Å². The number of aryl methyl sites for hydroxylation is 2. The van der Waals surface area contributed by atoms with Crippen molar-refractivity contribution in [1.29, 1.82) is 0 Å². The van der Waals surface area contributed by atoms with Crippen LogP contribution in [0.1, 0.15) is 23.3 Å². The highest BCUT2D eigenvalue weighted by Gasteiger charge is 2.18. The van der Waals surface area contributed by atoms with E-state index in [4.69, 9.17) is 16.3 Å². The molecule has 4 nitrogen and oxygen atoms in total. The van der Waals surface area contributed by atoms with Gasteiger partial charge in [0.1, 0.15) is 10.6 Å². The largest absolute Gasteiger partial charge is 0.376 e. The maximum atomic E-state index is 5.99. The zero-order valence-electron chi connectivity index (χ0n) is 11.0. The van der Waals surface area contributed by atoms with Crippen molar-refractivity contribution in [2.45, 2.75) is 32.8 Å². The Kier molecular flexibility index (Phi) is 3.60. The van der Waals surface area contributed by atoms with Crippen molar-refractivity contribution in [3.63, 3.8) is 0 Å². The summed E-state index contributed by atoms with van der Waals surface area (Å²) in [6.07, 6.45) is 2.53. The van der Waals surface area contributed by atoms with Crippen molar-refractivity contribution in [3.05, 3.63) is 15.7 Å². The summed E-state index contributed by atoms with van der Waals surface area (Å²) >= 11 is 7.65. The van der Waals surface area contributed by atoms with Crippen LogP contribution in [0.3, 0.4) is 0 Å². The maximum Gasteiger partial charge on any atom is 0.225 e. The number of aromatic nitrogens is 2. The number of thiophene rings is 1. The fourth-order valence-electron chi connectivity index (χ4n) is 2.37. The van der Waals surface area contributed by atoms with Crippen molar-refractivity contribution >= 4 is 39.0 Å². The second kappa shape index (κ2) is 5.23. The van der Waals surface area contributed by atoms with E-state index in [2.05, 4.69) is 29.1 Å². The SMILES string of the molecule is Cc1sc2nc(Cl)nc(NCC3CCCO3)c2c1C. The fourth-order valence-corrected chi connectivity index (χ4v) is 3.62. The summed E-state index contributed by atoms with van der Waals surface area (Å²) in [5.74, 6) is 0.826. The molecule has 1 N–H and O–H groups in total. The van der Waals surface area contributed by atoms with Crippen LogP contribution in [0.4, 0.5) is 5.82 Å². The number of hydrogen-bond donors (Lipinski definition) is 1. The normalized spacial score (nSPS) is 19.2. The van der Waals surface area contributed by atoms with Crippen LogP contribution < -0.4 is 5.32 Å². The Morgan fingerprint density at radius 3 is 3.00 bits per heavy atom. The average Bonchev–Trinajstić information content (AvgIpc) is 2.96. The van der Waals surface area contributed by atoms with Gasteiger partial charge >= 0.3 is 0 Å². The monoisotopic (exact) mass is 297 g/mol. The van der Waals surface area contributed by atoms with E-state index in [0.29, 0.717) is 5.28 Å². The molecule has 1 aliphatic heterocycles. The molecule has 0 radical (unpaired) electrons. The smallest absolute Gasteiger partial charge is 0.225 e. The van der Waals surface area contributed by atoms with E-state index in [1.165, 1.54) is 10.4 Å². The van der Waals surface area contributed by atoms with E-state index in [1.807, 2.05) is 0 Å². The molecule has 0 aromatic carbocycles. The molecule has 2 aromatic heterocycles. The second-order valence-electron chi connectivity index (χ2n) is 4.82. The third-order valence-corrected chi connectivity index (χ3v) is 4.79. The van der Waals surface area contributed by atoms with Gasteiger partial charge < -0.3 is 10.1 Å². The van der Waals surface area contributed by atoms with E-state index in [0.717, 1.165) is 42.0 Å². The van der Waals surface area contributed by atoms with Gasteiger partial charge in [-0.15, -0.1) is 11.3 Å².